The third-order valence-electron chi connectivity index (χ3n) is 5.45. The van der Waals surface area contributed by atoms with Gasteiger partial charge in [0.25, 0.3) is 0 Å². The number of benzene rings is 2. The van der Waals surface area contributed by atoms with Gasteiger partial charge in [0.15, 0.2) is 11.3 Å². The summed E-state index contributed by atoms with van der Waals surface area (Å²) in [7, 11) is 1.55. The molecule has 1 aliphatic heterocycles. The van der Waals surface area contributed by atoms with Crippen LogP contribution >= 0.6 is 0 Å². The molecule has 1 unspecified atom stereocenters. The Morgan fingerprint density at radius 2 is 1.94 bits per heavy atom. The number of hydrogen-bond acceptors (Lipinski definition) is 7. The first-order valence-electron chi connectivity index (χ1n) is 10.1. The zero-order chi connectivity index (χ0) is 23.6. The van der Waals surface area contributed by atoms with E-state index in [2.05, 4.69) is 15.6 Å². The number of amides is 1. The highest BCUT2D eigenvalue weighted by Gasteiger charge is 2.40. The van der Waals surface area contributed by atoms with Gasteiger partial charge in [-0.25, -0.2) is 4.79 Å². The molecule has 0 fully saturated rings. The summed E-state index contributed by atoms with van der Waals surface area (Å²) in [6, 6.07) is 13.5. The number of hydrazone groups is 2. The van der Waals surface area contributed by atoms with Gasteiger partial charge in [-0.3, -0.25) is 10.2 Å². The van der Waals surface area contributed by atoms with Gasteiger partial charge in [0.2, 0.25) is 0 Å². The molecule has 2 aromatic rings. The van der Waals surface area contributed by atoms with Crippen LogP contribution in [0.3, 0.4) is 0 Å². The van der Waals surface area contributed by atoms with Gasteiger partial charge in [0, 0.05) is 12.0 Å². The highest BCUT2D eigenvalue weighted by atomic mass is 16.5. The van der Waals surface area contributed by atoms with E-state index < -0.39 is 17.4 Å². The maximum Gasteiger partial charge on any atom is 0.335 e. The first-order valence-corrected chi connectivity index (χ1v) is 10.1. The van der Waals surface area contributed by atoms with E-state index in [0.717, 1.165) is 0 Å². The molecule has 0 saturated heterocycles. The molecule has 1 atom stereocenters. The predicted molar refractivity (Wildman–Crippen MR) is 124 cm³/mol. The number of hydrogen-bond donors (Lipinski definition) is 3. The van der Waals surface area contributed by atoms with Crippen molar-refractivity contribution in [2.24, 2.45) is 10.2 Å². The lowest BCUT2D eigenvalue weighted by molar-refractivity contribution is -0.142. The summed E-state index contributed by atoms with van der Waals surface area (Å²) in [6.07, 6.45) is 4.81. The minimum atomic E-state index is -1.60. The molecule has 1 amide bonds. The fraction of sp³-hybridized carbons (Fsp3) is 0.167. The molecule has 1 aliphatic carbocycles. The summed E-state index contributed by atoms with van der Waals surface area (Å²) < 4.78 is 5.13. The molecule has 33 heavy (non-hydrogen) atoms. The molecule has 0 radical (unpaired) electrons. The molecule has 0 bridgehead atoms. The summed E-state index contributed by atoms with van der Waals surface area (Å²) in [5.74, 6) is -0.964. The van der Waals surface area contributed by atoms with E-state index in [1.54, 1.807) is 68.7 Å². The van der Waals surface area contributed by atoms with Crippen LogP contribution in [0.1, 0.15) is 18.9 Å². The van der Waals surface area contributed by atoms with Crippen molar-refractivity contribution in [1.29, 1.82) is 0 Å². The molecule has 3 N–H and O–H groups in total. The monoisotopic (exact) mass is 446 g/mol. The van der Waals surface area contributed by atoms with Crippen molar-refractivity contribution in [3.8, 4) is 11.5 Å². The number of carboxylic acids is 1. The average molecular weight is 446 g/mol. The lowest BCUT2D eigenvalue weighted by atomic mass is 9.84. The van der Waals surface area contributed by atoms with Gasteiger partial charge in [-0.2, -0.15) is 15.2 Å². The number of allylic oxidation sites excluding steroid dienone is 2. The number of carbonyl (C=O) groups excluding carboxylic acids is 1. The number of ether oxygens (including phenoxy) is 1. The number of anilines is 1. The Morgan fingerprint density at radius 1 is 1.21 bits per heavy atom. The Morgan fingerprint density at radius 3 is 2.61 bits per heavy atom. The largest absolute Gasteiger partial charge is 0.507 e. The smallest absolute Gasteiger partial charge is 0.335 e. The number of nitrogens with one attached hydrogen (secondary N) is 1. The number of carboxylic acid groups (broad SMARTS) is 1. The second kappa shape index (κ2) is 8.62. The molecule has 2 aliphatic rings. The van der Waals surface area contributed by atoms with Crippen molar-refractivity contribution in [2.45, 2.75) is 18.9 Å². The summed E-state index contributed by atoms with van der Waals surface area (Å²) in [5, 5.41) is 29.8. The highest BCUT2D eigenvalue weighted by molar-refractivity contribution is 6.71. The predicted octanol–water partition coefficient (Wildman–Crippen LogP) is 2.94. The number of aliphatic carboxylic acids is 1. The SMILES string of the molecule is COc1ccc(N2N=C(C)C(=NNC3(C(=O)O)C=CC=C(c4ccccc4O)C3)C2=O)cc1. The molecular formula is C24H22N4O5. The van der Waals surface area contributed by atoms with Crippen LogP contribution in [0.25, 0.3) is 5.57 Å². The summed E-state index contributed by atoms with van der Waals surface area (Å²) >= 11 is 0. The zero-order valence-corrected chi connectivity index (χ0v) is 18.0. The summed E-state index contributed by atoms with van der Waals surface area (Å²) in [5.41, 5.74) is 3.11. The van der Waals surface area contributed by atoms with Gasteiger partial charge < -0.3 is 14.9 Å². The van der Waals surface area contributed by atoms with Crippen LogP contribution in [0.2, 0.25) is 0 Å². The van der Waals surface area contributed by atoms with Crippen LogP contribution in [-0.2, 0) is 9.59 Å². The lowest BCUT2D eigenvalue weighted by Crippen LogP contribution is -2.50. The fourth-order valence-electron chi connectivity index (χ4n) is 3.63. The molecule has 0 spiro atoms. The van der Waals surface area contributed by atoms with Gasteiger partial charge in [0.05, 0.1) is 18.5 Å². The highest BCUT2D eigenvalue weighted by Crippen LogP contribution is 2.34. The standard InChI is InChI=1S/C24H22N4O5/c1-15-21(22(30)28(26-15)17-9-11-18(33-2)12-10-17)25-27-24(23(31)32)13-5-6-16(14-24)19-7-3-4-8-20(19)29/h3-13,27,29H,14H2,1-2H3,(H,31,32). The van der Waals surface area contributed by atoms with Gasteiger partial charge in [-0.1, -0.05) is 30.4 Å². The van der Waals surface area contributed by atoms with E-state index in [1.807, 2.05) is 0 Å². The van der Waals surface area contributed by atoms with Crippen molar-refractivity contribution in [3.05, 3.63) is 72.3 Å². The number of aromatic hydroxyl groups is 1. The van der Waals surface area contributed by atoms with E-state index in [-0.39, 0.29) is 17.9 Å². The fourth-order valence-corrected chi connectivity index (χ4v) is 3.63. The minimum absolute atomic E-state index is 0.0125. The second-order valence-electron chi connectivity index (χ2n) is 7.59. The Labute approximate surface area is 190 Å². The maximum atomic E-state index is 12.9. The van der Waals surface area contributed by atoms with Crippen molar-refractivity contribution < 1.29 is 24.5 Å². The molecule has 168 valence electrons. The number of nitrogens with zero attached hydrogens (tertiary/aromatic N) is 3. The number of phenols is 1. The molecular weight excluding hydrogens is 424 g/mol. The molecule has 9 heteroatoms. The van der Waals surface area contributed by atoms with Gasteiger partial charge in [0.1, 0.15) is 11.5 Å². The van der Waals surface area contributed by atoms with E-state index in [1.165, 1.54) is 17.2 Å². The van der Waals surface area contributed by atoms with E-state index in [4.69, 9.17) is 4.74 Å². The summed E-state index contributed by atoms with van der Waals surface area (Å²) in [4.78, 5) is 25.2. The Hall–Kier alpha value is -4.40. The van der Waals surface area contributed by atoms with Crippen LogP contribution in [0.15, 0.2) is 77.0 Å². The van der Waals surface area contributed by atoms with Gasteiger partial charge >= 0.3 is 11.9 Å². The number of carbonyl (C=O) groups is 2. The Kier molecular flexibility index (Phi) is 5.70. The van der Waals surface area contributed by atoms with E-state index in [9.17, 15) is 19.8 Å². The van der Waals surface area contributed by atoms with Crippen LogP contribution in [0.5, 0.6) is 11.5 Å². The maximum absolute atomic E-state index is 12.9. The number of para-hydroxylation sites is 1. The molecule has 2 aromatic carbocycles. The van der Waals surface area contributed by atoms with Gasteiger partial charge in [-0.15, -0.1) is 0 Å². The Balaban J connectivity index is 1.58. The lowest BCUT2D eigenvalue weighted by Gasteiger charge is -2.29. The number of phenolic OH excluding ortho intramolecular Hbond substituents is 1. The molecule has 0 aromatic heterocycles. The molecule has 9 nitrogen and oxygen atoms in total. The summed E-state index contributed by atoms with van der Waals surface area (Å²) in [6.45, 7) is 1.62. The first kappa shape index (κ1) is 21.8. The minimum Gasteiger partial charge on any atom is -0.507 e. The Bertz CT molecular complexity index is 1230. The normalized spacial score (nSPS) is 21.1. The number of methoxy groups -OCH3 is 1. The molecule has 0 saturated carbocycles. The average Bonchev–Trinajstić information content (AvgIpc) is 3.11. The van der Waals surface area contributed by atoms with Crippen LogP contribution in [0, 0.1) is 0 Å². The third-order valence-corrected chi connectivity index (χ3v) is 5.45. The third kappa shape index (κ3) is 4.08. The first-order chi connectivity index (χ1) is 15.8. The van der Waals surface area contributed by atoms with Crippen LogP contribution < -0.4 is 15.2 Å². The van der Waals surface area contributed by atoms with Gasteiger partial charge in [-0.05, 0) is 48.9 Å². The van der Waals surface area contributed by atoms with Crippen molar-refractivity contribution in [1.82, 2.24) is 5.43 Å². The van der Waals surface area contributed by atoms with Crippen LogP contribution in [-0.4, -0.2) is 46.2 Å². The zero-order valence-electron chi connectivity index (χ0n) is 18.0. The topological polar surface area (TPSA) is 124 Å². The van der Waals surface area contributed by atoms with Crippen molar-refractivity contribution in [3.63, 3.8) is 0 Å². The second-order valence-corrected chi connectivity index (χ2v) is 7.59. The van der Waals surface area contributed by atoms with Crippen molar-refractivity contribution in [2.75, 3.05) is 12.1 Å². The molecule has 1 heterocycles. The van der Waals surface area contributed by atoms with E-state index in [0.29, 0.717) is 28.3 Å². The number of rotatable bonds is 6. The van der Waals surface area contributed by atoms with E-state index >= 15 is 0 Å². The molecule has 4 rings (SSSR count). The van der Waals surface area contributed by atoms with Crippen LogP contribution in [0.4, 0.5) is 5.69 Å². The quantitative estimate of drug-likeness (QED) is 0.586. The van der Waals surface area contributed by atoms with Crippen molar-refractivity contribution >= 4 is 34.6 Å².